The maximum atomic E-state index is 13.7. The Morgan fingerprint density at radius 2 is 1.69 bits per heavy atom. The molecular formula is C30H44N4O8. The van der Waals surface area contributed by atoms with Crippen LogP contribution in [0.4, 0.5) is 4.79 Å². The van der Waals surface area contributed by atoms with E-state index in [0.717, 1.165) is 0 Å². The number of ether oxygens (including phenoxy) is 3. The topological polar surface area (TPSA) is 178 Å². The molecule has 2 bridgehead atoms. The molecule has 0 unspecified atom stereocenters. The van der Waals surface area contributed by atoms with Gasteiger partial charge in [0.15, 0.2) is 6.10 Å². The van der Waals surface area contributed by atoms with Crippen molar-refractivity contribution < 1.29 is 38.5 Å². The highest BCUT2D eigenvalue weighted by atomic mass is 16.6. The molecule has 1 aliphatic carbocycles. The molecule has 12 nitrogen and oxygen atoms in total. The molecule has 12 heteroatoms. The molecule has 6 N–H and O–H groups in total. The molecule has 0 fully saturated rings. The van der Waals surface area contributed by atoms with Crippen molar-refractivity contribution >= 4 is 23.6 Å². The highest BCUT2D eigenvalue weighted by Gasteiger charge is 2.36. The molecule has 0 aromatic heterocycles. The van der Waals surface area contributed by atoms with Crippen LogP contribution in [0, 0.1) is 11.8 Å². The molecule has 0 saturated heterocycles. The predicted molar refractivity (Wildman–Crippen MR) is 157 cm³/mol. The minimum Gasteiger partial charge on any atom is -0.439 e. The zero-order valence-electron chi connectivity index (χ0n) is 25.6. The lowest BCUT2D eigenvalue weighted by Crippen LogP contribution is -2.41. The van der Waals surface area contributed by atoms with E-state index in [-0.39, 0.29) is 40.6 Å². The highest BCUT2D eigenvalue weighted by Crippen LogP contribution is 2.30. The Bertz CT molecular complexity index is 1220. The average molecular weight is 589 g/mol. The Morgan fingerprint density at radius 3 is 2.24 bits per heavy atom. The molecule has 1 aliphatic heterocycles. The number of rotatable bonds is 5. The van der Waals surface area contributed by atoms with Gasteiger partial charge in [0, 0.05) is 45.4 Å². The molecule has 232 valence electrons. The second kappa shape index (κ2) is 15.5. The molecule has 0 spiro atoms. The third-order valence-electron chi connectivity index (χ3n) is 7.45. The number of carbonyl (C=O) groups is 4. The molecule has 0 aromatic rings. The van der Waals surface area contributed by atoms with Crippen molar-refractivity contribution in [2.75, 3.05) is 28.3 Å². The third-order valence-corrected chi connectivity index (χ3v) is 7.45. The quantitative estimate of drug-likeness (QED) is 0.234. The molecule has 2 rings (SSSR count). The molecule has 0 aromatic carbocycles. The van der Waals surface area contributed by atoms with Gasteiger partial charge in [0.25, 0.3) is 5.91 Å². The lowest BCUT2D eigenvalue weighted by molar-refractivity contribution is -0.120. The molecule has 6 atom stereocenters. The molecule has 0 radical (unpaired) electrons. The SMILES string of the molecule is CNC1=C2C[C@@H](C)C[C@H](OC)[C@H](O)[C@@H](C)/C=C(\C)[C@H](OC(N)=O)[C@@H](OC)/C=C\C=C(/C)C(=O)NC(=C(NC)C1=O)C2=O. The third kappa shape index (κ3) is 8.17. The van der Waals surface area contributed by atoms with Crippen LogP contribution in [0.15, 0.2) is 58.1 Å². The van der Waals surface area contributed by atoms with Crippen LogP contribution in [0.1, 0.15) is 40.5 Å². The number of Topliss-reactive ketones (excluding diaryl/α,β-unsaturated/α-hetero) is 2. The number of amides is 2. The summed E-state index contributed by atoms with van der Waals surface area (Å²) in [4.78, 5) is 51.9. The second-order valence-electron chi connectivity index (χ2n) is 10.6. The summed E-state index contributed by atoms with van der Waals surface area (Å²) < 4.78 is 16.6. The highest BCUT2D eigenvalue weighted by molar-refractivity contribution is 6.25. The van der Waals surface area contributed by atoms with Crippen molar-refractivity contribution in [3.63, 3.8) is 0 Å². The van der Waals surface area contributed by atoms with Crippen LogP contribution in [0.3, 0.4) is 0 Å². The number of ketones is 2. The van der Waals surface area contributed by atoms with Gasteiger partial charge in [-0.15, -0.1) is 0 Å². The molecule has 1 heterocycles. The molecule has 2 amide bonds. The van der Waals surface area contributed by atoms with Crippen molar-refractivity contribution in [1.29, 1.82) is 0 Å². The van der Waals surface area contributed by atoms with Crippen molar-refractivity contribution in [3.05, 3.63) is 58.1 Å². The summed E-state index contributed by atoms with van der Waals surface area (Å²) >= 11 is 0. The standard InChI is InChI=1S/C30H44N4O8/c1-15-12-19-22(32-5)27(37)23(33-6)24(26(19)36)34-29(38)16(2)10-9-11-20(40-7)28(42-30(31)39)18(4)14-17(3)25(35)21(13-15)41-8/h9-11,14-15,17,20-21,25,28,32-33,35H,12-13H2,1-8H3,(H2,31,39)(H,34,38)/b11-9-,16-10+,18-14+/t15-,17+,20+,21+,25-,28+/m1/s1. The first-order valence-corrected chi connectivity index (χ1v) is 13.8. The van der Waals surface area contributed by atoms with Gasteiger partial charge in [0.1, 0.15) is 17.5 Å². The van der Waals surface area contributed by atoms with E-state index in [1.54, 1.807) is 46.0 Å². The summed E-state index contributed by atoms with van der Waals surface area (Å²) in [6.07, 6.45) is 2.65. The number of hydrogen-bond donors (Lipinski definition) is 5. The van der Waals surface area contributed by atoms with Crippen LogP contribution in [0.25, 0.3) is 0 Å². The average Bonchev–Trinajstić information content (AvgIpc) is 2.94. The summed E-state index contributed by atoms with van der Waals surface area (Å²) in [7, 11) is 5.98. The minimum absolute atomic E-state index is 0.0326. The first-order chi connectivity index (χ1) is 19.8. The smallest absolute Gasteiger partial charge is 0.405 e. The fourth-order valence-corrected chi connectivity index (χ4v) is 5.17. The zero-order chi connectivity index (χ0) is 31.7. The summed E-state index contributed by atoms with van der Waals surface area (Å²) in [6.45, 7) is 6.98. The van der Waals surface area contributed by atoms with Gasteiger partial charge in [-0.1, -0.05) is 38.2 Å². The summed E-state index contributed by atoms with van der Waals surface area (Å²) in [5.41, 5.74) is 6.36. The van der Waals surface area contributed by atoms with E-state index in [4.69, 9.17) is 19.9 Å². The van der Waals surface area contributed by atoms with Gasteiger partial charge in [-0.3, -0.25) is 14.4 Å². The fraction of sp³-hybridized carbons (Fsp3) is 0.533. The van der Waals surface area contributed by atoms with Gasteiger partial charge in [-0.05, 0) is 38.2 Å². The van der Waals surface area contributed by atoms with Crippen molar-refractivity contribution in [2.24, 2.45) is 17.6 Å². The number of nitrogens with one attached hydrogen (secondary N) is 3. The van der Waals surface area contributed by atoms with E-state index in [0.29, 0.717) is 12.0 Å². The van der Waals surface area contributed by atoms with Crippen LogP contribution in [0.5, 0.6) is 0 Å². The Hall–Kier alpha value is -3.74. The largest absolute Gasteiger partial charge is 0.439 e. The number of allylic oxidation sites excluding steroid dienone is 3. The maximum Gasteiger partial charge on any atom is 0.405 e. The minimum atomic E-state index is -1.00. The van der Waals surface area contributed by atoms with Gasteiger partial charge in [-0.25, -0.2) is 4.79 Å². The number of aliphatic hydroxyl groups is 1. The number of hydrogen-bond acceptors (Lipinski definition) is 10. The van der Waals surface area contributed by atoms with Crippen LogP contribution in [-0.4, -0.2) is 81.4 Å². The molecule has 2 aliphatic rings. The van der Waals surface area contributed by atoms with Crippen LogP contribution < -0.4 is 21.7 Å². The number of fused-ring (bicyclic) bond motifs is 2. The van der Waals surface area contributed by atoms with Crippen LogP contribution >= 0.6 is 0 Å². The van der Waals surface area contributed by atoms with Crippen molar-refractivity contribution in [3.8, 4) is 0 Å². The monoisotopic (exact) mass is 588 g/mol. The van der Waals surface area contributed by atoms with Gasteiger partial charge >= 0.3 is 6.09 Å². The second-order valence-corrected chi connectivity index (χ2v) is 10.6. The lowest BCUT2D eigenvalue weighted by atomic mass is 9.84. The Morgan fingerprint density at radius 1 is 1.05 bits per heavy atom. The first kappa shape index (κ1) is 34.5. The number of aliphatic hydroxyl groups excluding tert-OH is 1. The summed E-state index contributed by atoms with van der Waals surface area (Å²) in [5.74, 6) is -2.18. The molecular weight excluding hydrogens is 544 g/mol. The Kier molecular flexibility index (Phi) is 12.7. The van der Waals surface area contributed by atoms with Gasteiger partial charge < -0.3 is 41.0 Å². The van der Waals surface area contributed by atoms with Crippen LogP contribution in [0.2, 0.25) is 0 Å². The predicted octanol–water partition coefficient (Wildman–Crippen LogP) is 1.53. The van der Waals surface area contributed by atoms with E-state index >= 15 is 0 Å². The first-order valence-electron chi connectivity index (χ1n) is 13.8. The van der Waals surface area contributed by atoms with E-state index in [9.17, 15) is 24.3 Å². The van der Waals surface area contributed by atoms with Crippen molar-refractivity contribution in [1.82, 2.24) is 16.0 Å². The Labute approximate surface area is 247 Å². The van der Waals surface area contributed by atoms with Gasteiger partial charge in [0.05, 0.1) is 17.9 Å². The number of carbonyl (C=O) groups excluding carboxylic acids is 4. The number of methoxy groups -OCH3 is 2. The normalized spacial score (nSPS) is 31.9. The lowest BCUT2D eigenvalue weighted by Gasteiger charge is -2.30. The van der Waals surface area contributed by atoms with E-state index < -0.39 is 53.9 Å². The van der Waals surface area contributed by atoms with Crippen LogP contribution in [-0.2, 0) is 28.6 Å². The van der Waals surface area contributed by atoms with E-state index in [2.05, 4.69) is 16.0 Å². The van der Waals surface area contributed by atoms with Gasteiger partial charge in [0.2, 0.25) is 11.6 Å². The number of primary amides is 1. The summed E-state index contributed by atoms with van der Waals surface area (Å²) in [6, 6.07) is 0. The Balaban J connectivity index is 2.68. The molecule has 42 heavy (non-hydrogen) atoms. The maximum absolute atomic E-state index is 13.7. The van der Waals surface area contributed by atoms with Crippen molar-refractivity contribution in [2.45, 2.75) is 65.0 Å². The van der Waals surface area contributed by atoms with Gasteiger partial charge in [-0.2, -0.15) is 0 Å². The fourth-order valence-electron chi connectivity index (χ4n) is 5.17. The summed E-state index contributed by atoms with van der Waals surface area (Å²) in [5, 5.41) is 19.4. The van der Waals surface area contributed by atoms with E-state index in [1.807, 2.05) is 6.92 Å². The zero-order valence-corrected chi connectivity index (χ0v) is 25.6. The number of likely N-dealkylation sites (N-methyl/N-ethyl adjacent to an activating group) is 2. The number of nitrogens with two attached hydrogens (primary N) is 1. The molecule has 0 saturated carbocycles. The van der Waals surface area contributed by atoms with E-state index in [1.165, 1.54) is 27.3 Å².